The Morgan fingerprint density at radius 3 is 2.50 bits per heavy atom. The summed E-state index contributed by atoms with van der Waals surface area (Å²) in [4.78, 5) is 0.460. The van der Waals surface area contributed by atoms with Crippen molar-refractivity contribution in [2.75, 3.05) is 0 Å². The van der Waals surface area contributed by atoms with Crippen LogP contribution < -0.4 is 0 Å². The van der Waals surface area contributed by atoms with Crippen molar-refractivity contribution in [2.45, 2.75) is 48.7 Å². The summed E-state index contributed by atoms with van der Waals surface area (Å²) in [7, 11) is -3.34. The molecule has 0 unspecified atom stereocenters. The maximum absolute atomic E-state index is 13.3. The van der Waals surface area contributed by atoms with Gasteiger partial charge in [-0.05, 0) is 49.7 Å². The zero-order chi connectivity index (χ0) is 14.4. The summed E-state index contributed by atoms with van der Waals surface area (Å²) >= 11 is 0. The Balaban J connectivity index is 2.15. The minimum Gasteiger partial charge on any atom is -0.223 e. The van der Waals surface area contributed by atoms with Gasteiger partial charge in [0.25, 0.3) is 0 Å². The highest BCUT2D eigenvalue weighted by Gasteiger charge is 2.60. The van der Waals surface area contributed by atoms with Crippen molar-refractivity contribution in [3.8, 4) is 0 Å². The Hall–Kier alpha value is -1.09. The van der Waals surface area contributed by atoms with E-state index in [1.165, 1.54) is 0 Å². The number of hydrogen-bond acceptors (Lipinski definition) is 2. The van der Waals surface area contributed by atoms with Gasteiger partial charge in [0.2, 0.25) is 0 Å². The van der Waals surface area contributed by atoms with Crippen LogP contribution in [0.5, 0.6) is 0 Å². The lowest BCUT2D eigenvalue weighted by atomic mass is 9.81. The first-order chi connectivity index (χ1) is 9.54. The molecule has 2 aliphatic rings. The average molecular weight is 290 g/mol. The topological polar surface area (TPSA) is 34.1 Å². The van der Waals surface area contributed by atoms with Gasteiger partial charge < -0.3 is 0 Å². The van der Waals surface area contributed by atoms with Crippen LogP contribution in [-0.2, 0) is 9.84 Å². The number of fused-ring (bicyclic) bond motifs is 2. The van der Waals surface area contributed by atoms with Gasteiger partial charge in [0.15, 0.2) is 9.84 Å². The molecule has 2 nitrogen and oxygen atoms in total. The van der Waals surface area contributed by atoms with E-state index in [-0.39, 0.29) is 5.92 Å². The SMILES string of the molecule is C=C1[C@@H]2CC[C@@H](C2)[C@@]1(CCC)S(=O)(=O)c1ccccc1. The molecule has 3 rings (SSSR count). The molecule has 0 N–H and O–H groups in total. The monoisotopic (exact) mass is 290 g/mol. The number of rotatable bonds is 4. The maximum Gasteiger partial charge on any atom is 0.188 e. The van der Waals surface area contributed by atoms with E-state index >= 15 is 0 Å². The first kappa shape index (κ1) is 13.9. The molecule has 1 aromatic rings. The maximum atomic E-state index is 13.3. The van der Waals surface area contributed by atoms with Gasteiger partial charge in [0, 0.05) is 0 Å². The highest BCUT2D eigenvalue weighted by molar-refractivity contribution is 7.93. The van der Waals surface area contributed by atoms with Crippen molar-refractivity contribution in [3.05, 3.63) is 42.5 Å². The molecule has 3 atom stereocenters. The zero-order valence-electron chi connectivity index (χ0n) is 12.0. The van der Waals surface area contributed by atoms with Crippen LogP contribution in [0.3, 0.4) is 0 Å². The molecule has 2 aliphatic carbocycles. The minimum absolute atomic E-state index is 0.269. The van der Waals surface area contributed by atoms with Crippen molar-refractivity contribution in [1.29, 1.82) is 0 Å². The molecule has 0 aromatic heterocycles. The second-order valence-electron chi connectivity index (χ2n) is 6.19. The Bertz CT molecular complexity index is 618. The zero-order valence-corrected chi connectivity index (χ0v) is 12.8. The molecule has 3 heteroatoms. The molecule has 0 spiro atoms. The summed E-state index contributed by atoms with van der Waals surface area (Å²) in [5, 5.41) is 0. The van der Waals surface area contributed by atoms with E-state index in [0.29, 0.717) is 17.2 Å². The molecule has 20 heavy (non-hydrogen) atoms. The molecule has 2 fully saturated rings. The van der Waals surface area contributed by atoms with Crippen LogP contribution in [0.15, 0.2) is 47.4 Å². The van der Waals surface area contributed by atoms with Gasteiger partial charge in [-0.1, -0.05) is 43.7 Å². The third-order valence-electron chi connectivity index (χ3n) is 5.28. The second-order valence-corrected chi connectivity index (χ2v) is 8.39. The van der Waals surface area contributed by atoms with Crippen LogP contribution in [0.4, 0.5) is 0 Å². The first-order valence-corrected chi connectivity index (χ1v) is 9.01. The van der Waals surface area contributed by atoms with Crippen LogP contribution in [0, 0.1) is 11.8 Å². The van der Waals surface area contributed by atoms with E-state index in [4.69, 9.17) is 0 Å². The fourth-order valence-corrected chi connectivity index (χ4v) is 6.98. The van der Waals surface area contributed by atoms with Crippen LogP contribution >= 0.6 is 0 Å². The van der Waals surface area contributed by atoms with Gasteiger partial charge in [-0.15, -0.1) is 0 Å². The van der Waals surface area contributed by atoms with Gasteiger partial charge in [-0.25, -0.2) is 8.42 Å². The van der Waals surface area contributed by atoms with Gasteiger partial charge in [0.05, 0.1) is 4.90 Å². The number of hydrogen-bond donors (Lipinski definition) is 0. The molecule has 0 amide bonds. The van der Waals surface area contributed by atoms with E-state index in [9.17, 15) is 8.42 Å². The molecule has 1 aromatic carbocycles. The normalized spacial score (nSPS) is 32.8. The molecule has 0 aliphatic heterocycles. The molecular formula is C17H22O2S. The Morgan fingerprint density at radius 1 is 1.25 bits per heavy atom. The summed E-state index contributed by atoms with van der Waals surface area (Å²) < 4.78 is 25.9. The van der Waals surface area contributed by atoms with Gasteiger partial charge >= 0.3 is 0 Å². The smallest absolute Gasteiger partial charge is 0.188 e. The lowest BCUT2D eigenvalue weighted by Crippen LogP contribution is -2.45. The fraction of sp³-hybridized carbons (Fsp3) is 0.529. The van der Waals surface area contributed by atoms with E-state index in [2.05, 4.69) is 13.5 Å². The fourth-order valence-electron chi connectivity index (χ4n) is 4.40. The van der Waals surface area contributed by atoms with Crippen molar-refractivity contribution >= 4 is 9.84 Å². The van der Waals surface area contributed by atoms with E-state index < -0.39 is 14.6 Å². The van der Waals surface area contributed by atoms with Crippen LogP contribution in [0.25, 0.3) is 0 Å². The third-order valence-corrected chi connectivity index (χ3v) is 7.93. The van der Waals surface area contributed by atoms with Crippen molar-refractivity contribution in [1.82, 2.24) is 0 Å². The summed E-state index contributed by atoms with van der Waals surface area (Å²) in [6.07, 6.45) is 4.78. The molecule has 108 valence electrons. The van der Waals surface area contributed by atoms with Crippen molar-refractivity contribution < 1.29 is 8.42 Å². The van der Waals surface area contributed by atoms with Crippen molar-refractivity contribution in [2.24, 2.45) is 11.8 Å². The molecule has 0 radical (unpaired) electrons. The van der Waals surface area contributed by atoms with Gasteiger partial charge in [-0.2, -0.15) is 0 Å². The molecule has 2 saturated carbocycles. The first-order valence-electron chi connectivity index (χ1n) is 7.53. The summed E-state index contributed by atoms with van der Waals surface area (Å²) in [5.74, 6) is 0.690. The summed E-state index contributed by atoms with van der Waals surface area (Å²) in [5.41, 5.74) is 0.986. The standard InChI is InChI=1S/C17H22O2S/c1-3-11-17(13(2)14-9-10-15(17)12-14)20(18,19)16-7-5-4-6-8-16/h4-8,14-15H,2-3,9-12H2,1H3/t14-,15+,17+/m1/s1. The molecule has 2 bridgehead atoms. The van der Waals surface area contributed by atoms with E-state index in [1.54, 1.807) is 12.1 Å². The summed E-state index contributed by atoms with van der Waals surface area (Å²) in [6.45, 7) is 6.29. The Labute approximate surface area is 121 Å². The van der Waals surface area contributed by atoms with Crippen molar-refractivity contribution in [3.63, 3.8) is 0 Å². The lowest BCUT2D eigenvalue weighted by molar-refractivity contribution is 0.391. The lowest BCUT2D eigenvalue weighted by Gasteiger charge is -2.39. The Morgan fingerprint density at radius 2 is 1.95 bits per heavy atom. The highest BCUT2D eigenvalue weighted by atomic mass is 32.2. The Kier molecular flexibility index (Phi) is 3.28. The number of sulfone groups is 1. The molecule has 0 heterocycles. The summed E-state index contributed by atoms with van der Waals surface area (Å²) in [6, 6.07) is 8.93. The van der Waals surface area contributed by atoms with E-state index in [0.717, 1.165) is 31.3 Å². The van der Waals surface area contributed by atoms with E-state index in [1.807, 2.05) is 18.2 Å². The van der Waals surface area contributed by atoms with Gasteiger partial charge in [-0.3, -0.25) is 0 Å². The highest BCUT2D eigenvalue weighted by Crippen LogP contribution is 2.60. The van der Waals surface area contributed by atoms with Gasteiger partial charge in [0.1, 0.15) is 4.75 Å². The van der Waals surface area contributed by atoms with Crippen LogP contribution in [0.2, 0.25) is 0 Å². The average Bonchev–Trinajstić information content (AvgIpc) is 3.03. The third kappa shape index (κ3) is 1.65. The molecule has 0 saturated heterocycles. The quantitative estimate of drug-likeness (QED) is 0.786. The predicted octanol–water partition coefficient (Wildman–Crippen LogP) is 3.99. The second kappa shape index (κ2) is 4.73. The minimum atomic E-state index is -3.34. The van der Waals surface area contributed by atoms with Crippen LogP contribution in [-0.4, -0.2) is 13.2 Å². The van der Waals surface area contributed by atoms with Crippen LogP contribution in [0.1, 0.15) is 39.0 Å². The largest absolute Gasteiger partial charge is 0.223 e. The molecular weight excluding hydrogens is 268 g/mol. The predicted molar refractivity (Wildman–Crippen MR) is 81.2 cm³/mol. The number of benzene rings is 1.